The predicted molar refractivity (Wildman–Crippen MR) is 77.9 cm³/mol. The van der Waals surface area contributed by atoms with Gasteiger partial charge < -0.3 is 4.90 Å². The van der Waals surface area contributed by atoms with Crippen LogP contribution in [0.1, 0.15) is 31.2 Å². The van der Waals surface area contributed by atoms with Crippen LogP contribution in [0.5, 0.6) is 0 Å². The summed E-state index contributed by atoms with van der Waals surface area (Å²) in [6.07, 6.45) is 7.10. The van der Waals surface area contributed by atoms with E-state index in [9.17, 15) is 0 Å². The first-order valence-electron chi connectivity index (χ1n) is 6.19. The highest BCUT2D eigenvalue weighted by Gasteiger charge is 2.41. The summed E-state index contributed by atoms with van der Waals surface area (Å²) in [4.78, 5) is 7.87. The summed E-state index contributed by atoms with van der Waals surface area (Å²) < 4.78 is 1.14. The van der Waals surface area contributed by atoms with Crippen LogP contribution < -0.4 is 4.90 Å². The van der Waals surface area contributed by atoms with E-state index in [1.54, 1.807) is 0 Å². The van der Waals surface area contributed by atoms with Crippen molar-refractivity contribution in [2.45, 2.75) is 49.5 Å². The van der Waals surface area contributed by atoms with Crippen molar-refractivity contribution in [3.63, 3.8) is 0 Å². The summed E-state index contributed by atoms with van der Waals surface area (Å²) in [5.74, 6) is 1.14. The van der Waals surface area contributed by atoms with Gasteiger partial charge in [-0.25, -0.2) is 4.98 Å². The molecular formula is C13H16Br2N2. The molecule has 3 rings (SSSR count). The molecule has 0 N–H and O–H groups in total. The maximum absolute atomic E-state index is 4.63. The van der Waals surface area contributed by atoms with Crippen molar-refractivity contribution in [1.29, 1.82) is 0 Å². The smallest absolute Gasteiger partial charge is 0.143 e. The summed E-state index contributed by atoms with van der Waals surface area (Å²) in [5, 5.41) is 0. The highest BCUT2D eigenvalue weighted by atomic mass is 79.9. The standard InChI is InChI=1S/C13H16Br2N2/c1-8-4-12(15)13(16-7-8)17-10-2-3-11(17)6-9(14)5-10/h4,7,9-11H,2-3,5-6H2,1H3. The number of fused-ring (bicyclic) bond motifs is 2. The topological polar surface area (TPSA) is 16.1 Å². The van der Waals surface area contributed by atoms with Gasteiger partial charge in [-0.1, -0.05) is 15.9 Å². The molecule has 2 aliphatic heterocycles. The third-order valence-electron chi connectivity index (χ3n) is 3.88. The van der Waals surface area contributed by atoms with Crippen LogP contribution in [-0.4, -0.2) is 21.9 Å². The van der Waals surface area contributed by atoms with Gasteiger partial charge in [0.25, 0.3) is 0 Å². The molecular weight excluding hydrogens is 344 g/mol. The van der Waals surface area contributed by atoms with Crippen LogP contribution in [0.4, 0.5) is 5.82 Å². The Kier molecular flexibility index (Phi) is 3.20. The number of hydrogen-bond donors (Lipinski definition) is 0. The number of aromatic nitrogens is 1. The Morgan fingerprint density at radius 2 is 1.94 bits per heavy atom. The SMILES string of the molecule is Cc1cnc(N2C3CCC2CC(Br)C3)c(Br)c1. The molecule has 2 nitrogen and oxygen atoms in total. The van der Waals surface area contributed by atoms with E-state index in [0.29, 0.717) is 16.9 Å². The molecule has 1 aromatic rings. The van der Waals surface area contributed by atoms with E-state index in [1.165, 1.54) is 31.2 Å². The largest absolute Gasteiger partial charge is 0.350 e. The maximum Gasteiger partial charge on any atom is 0.143 e. The maximum atomic E-state index is 4.63. The van der Waals surface area contributed by atoms with E-state index >= 15 is 0 Å². The Morgan fingerprint density at radius 3 is 2.53 bits per heavy atom. The first kappa shape index (κ1) is 12.0. The van der Waals surface area contributed by atoms with E-state index in [-0.39, 0.29) is 0 Å². The van der Waals surface area contributed by atoms with Crippen LogP contribution in [0, 0.1) is 6.92 Å². The fourth-order valence-electron chi connectivity index (χ4n) is 3.17. The van der Waals surface area contributed by atoms with Crippen LogP contribution in [0.3, 0.4) is 0 Å². The molecule has 2 aliphatic rings. The molecule has 2 bridgehead atoms. The molecule has 4 heteroatoms. The Balaban J connectivity index is 1.94. The molecule has 0 aliphatic carbocycles. The van der Waals surface area contributed by atoms with E-state index < -0.39 is 0 Å². The minimum Gasteiger partial charge on any atom is -0.350 e. The Morgan fingerprint density at radius 1 is 1.29 bits per heavy atom. The second-order valence-electron chi connectivity index (χ2n) is 5.18. The lowest BCUT2D eigenvalue weighted by Crippen LogP contribution is -2.44. The number of halogens is 2. The minimum atomic E-state index is 0.671. The predicted octanol–water partition coefficient (Wildman–Crippen LogP) is 4.05. The van der Waals surface area contributed by atoms with Gasteiger partial charge in [-0.05, 0) is 60.2 Å². The number of pyridine rings is 1. The van der Waals surface area contributed by atoms with Gasteiger partial charge in [0.05, 0.1) is 4.47 Å². The van der Waals surface area contributed by atoms with Crippen molar-refractivity contribution in [3.05, 3.63) is 22.3 Å². The average Bonchev–Trinajstić information content (AvgIpc) is 2.53. The van der Waals surface area contributed by atoms with Gasteiger partial charge in [-0.2, -0.15) is 0 Å². The van der Waals surface area contributed by atoms with Crippen molar-refractivity contribution in [1.82, 2.24) is 4.98 Å². The molecule has 3 heterocycles. The second-order valence-corrected chi connectivity index (χ2v) is 7.33. The highest BCUT2D eigenvalue weighted by molar-refractivity contribution is 9.10. The first-order chi connectivity index (χ1) is 8.15. The summed E-state index contributed by atoms with van der Waals surface area (Å²) in [6.45, 7) is 2.08. The lowest BCUT2D eigenvalue weighted by Gasteiger charge is -2.38. The Bertz CT molecular complexity index is 421. The second kappa shape index (κ2) is 4.54. The molecule has 2 fully saturated rings. The van der Waals surface area contributed by atoms with Gasteiger partial charge >= 0.3 is 0 Å². The van der Waals surface area contributed by atoms with E-state index in [4.69, 9.17) is 0 Å². The summed E-state index contributed by atoms with van der Waals surface area (Å²) >= 11 is 7.45. The number of hydrogen-bond acceptors (Lipinski definition) is 2. The third-order valence-corrected chi connectivity index (χ3v) is 5.21. The number of piperidine rings is 1. The zero-order valence-electron chi connectivity index (χ0n) is 9.87. The minimum absolute atomic E-state index is 0.671. The third kappa shape index (κ3) is 2.14. The van der Waals surface area contributed by atoms with Gasteiger partial charge in [0.2, 0.25) is 0 Å². The molecule has 2 unspecified atom stereocenters. The number of nitrogens with zero attached hydrogens (tertiary/aromatic N) is 2. The quantitative estimate of drug-likeness (QED) is 0.703. The molecule has 2 saturated heterocycles. The zero-order valence-corrected chi connectivity index (χ0v) is 13.0. The number of rotatable bonds is 1. The van der Waals surface area contributed by atoms with E-state index in [0.717, 1.165) is 10.3 Å². The lowest BCUT2D eigenvalue weighted by atomic mass is 10.0. The van der Waals surface area contributed by atoms with Crippen LogP contribution in [0.15, 0.2) is 16.7 Å². The first-order valence-corrected chi connectivity index (χ1v) is 7.90. The molecule has 17 heavy (non-hydrogen) atoms. The molecule has 0 saturated carbocycles. The van der Waals surface area contributed by atoms with Crippen LogP contribution in [0.25, 0.3) is 0 Å². The van der Waals surface area contributed by atoms with Gasteiger partial charge in [-0.15, -0.1) is 0 Å². The molecule has 0 spiro atoms. The summed E-state index contributed by atoms with van der Waals surface area (Å²) in [5.41, 5.74) is 1.21. The summed E-state index contributed by atoms with van der Waals surface area (Å²) in [6, 6.07) is 3.51. The fraction of sp³-hybridized carbons (Fsp3) is 0.615. The zero-order chi connectivity index (χ0) is 12.0. The molecule has 92 valence electrons. The molecule has 2 atom stereocenters. The molecule has 0 aromatic carbocycles. The Labute approximate surface area is 119 Å². The van der Waals surface area contributed by atoms with Gasteiger partial charge in [0, 0.05) is 23.1 Å². The van der Waals surface area contributed by atoms with Crippen molar-refractivity contribution >= 4 is 37.7 Å². The van der Waals surface area contributed by atoms with Crippen LogP contribution >= 0.6 is 31.9 Å². The molecule has 1 aromatic heterocycles. The van der Waals surface area contributed by atoms with E-state index in [1.807, 2.05) is 6.20 Å². The number of alkyl halides is 1. The van der Waals surface area contributed by atoms with Gasteiger partial charge in [0.15, 0.2) is 0 Å². The highest BCUT2D eigenvalue weighted by Crippen LogP contribution is 2.42. The number of aryl methyl sites for hydroxylation is 1. The van der Waals surface area contributed by atoms with Crippen LogP contribution in [0.2, 0.25) is 0 Å². The fourth-order valence-corrected chi connectivity index (χ4v) is 4.70. The van der Waals surface area contributed by atoms with Crippen LogP contribution in [-0.2, 0) is 0 Å². The van der Waals surface area contributed by atoms with Gasteiger partial charge in [0.1, 0.15) is 5.82 Å². The monoisotopic (exact) mass is 358 g/mol. The molecule has 0 amide bonds. The van der Waals surface area contributed by atoms with Crippen molar-refractivity contribution < 1.29 is 0 Å². The lowest BCUT2D eigenvalue weighted by molar-refractivity contribution is 0.478. The normalized spacial score (nSPS) is 31.9. The van der Waals surface area contributed by atoms with Gasteiger partial charge in [-0.3, -0.25) is 0 Å². The van der Waals surface area contributed by atoms with E-state index in [2.05, 4.69) is 54.7 Å². The Hall–Kier alpha value is -0.0900. The average molecular weight is 360 g/mol. The summed E-state index contributed by atoms with van der Waals surface area (Å²) in [7, 11) is 0. The van der Waals surface area contributed by atoms with Crippen molar-refractivity contribution in [2.75, 3.05) is 4.90 Å². The van der Waals surface area contributed by atoms with Crippen molar-refractivity contribution in [2.24, 2.45) is 0 Å². The number of anilines is 1. The molecule has 0 radical (unpaired) electrons. The van der Waals surface area contributed by atoms with Crippen molar-refractivity contribution in [3.8, 4) is 0 Å².